The molecule has 1 amide bonds. The Morgan fingerprint density at radius 3 is 2.61 bits per heavy atom. The third kappa shape index (κ3) is 4.77. The van der Waals surface area contributed by atoms with Gasteiger partial charge in [-0.3, -0.25) is 9.52 Å². The van der Waals surface area contributed by atoms with Crippen molar-refractivity contribution in [3.8, 4) is 0 Å². The van der Waals surface area contributed by atoms with E-state index in [4.69, 9.17) is 4.98 Å². The molecule has 5 atom stereocenters. The zero-order valence-corrected chi connectivity index (χ0v) is 23.9. The highest BCUT2D eigenvalue weighted by atomic mass is 32.2. The van der Waals surface area contributed by atoms with Crippen molar-refractivity contribution in [2.45, 2.75) is 63.4 Å². The van der Waals surface area contributed by atoms with Crippen molar-refractivity contribution in [2.75, 3.05) is 16.6 Å². The minimum Gasteiger partial charge on any atom is -0.396 e. The van der Waals surface area contributed by atoms with E-state index >= 15 is 0 Å². The lowest BCUT2D eigenvalue weighted by Gasteiger charge is -2.58. The number of amides is 1. The molecule has 0 spiro atoms. The smallest absolute Gasteiger partial charge is 0.263 e. The maximum absolute atomic E-state index is 13.2. The number of rotatable bonds is 7. The van der Waals surface area contributed by atoms with Crippen LogP contribution in [0.2, 0.25) is 0 Å². The summed E-state index contributed by atoms with van der Waals surface area (Å²) in [5, 5.41) is 26.7. The number of nitrogens with zero attached hydrogens (tertiary/aromatic N) is 2. The second-order valence-corrected chi connectivity index (χ2v) is 14.5. The molecule has 2 aromatic heterocycles. The summed E-state index contributed by atoms with van der Waals surface area (Å²) in [7, 11) is -3.85. The summed E-state index contributed by atoms with van der Waals surface area (Å²) in [4.78, 5) is 23.1. The van der Waals surface area contributed by atoms with Crippen LogP contribution < -0.4 is 10.0 Å². The van der Waals surface area contributed by atoms with E-state index in [0.717, 1.165) is 10.4 Å². The van der Waals surface area contributed by atoms with Gasteiger partial charge in [-0.2, -0.15) is 0 Å². The molecule has 1 saturated carbocycles. The molecule has 0 radical (unpaired) electrons. The van der Waals surface area contributed by atoms with E-state index in [9.17, 15) is 23.4 Å². The average Bonchev–Trinajstić information content (AvgIpc) is 3.52. The number of sulfonamides is 1. The minimum absolute atomic E-state index is 0.129. The Morgan fingerprint density at radius 1 is 1.21 bits per heavy atom. The lowest BCUT2D eigenvalue weighted by Crippen LogP contribution is -2.57. The fraction of sp³-hybridized carbons (Fsp3) is 0.500. The number of benzene rings is 1. The molecule has 9 nitrogen and oxygen atoms in total. The minimum atomic E-state index is -3.85. The van der Waals surface area contributed by atoms with Crippen molar-refractivity contribution in [2.24, 2.45) is 16.7 Å². The number of anilines is 2. The standard InChI is InChI=1S/C26H32N4O5S3/c1-15-4-6-16(7-5-15)38(34,35)30-24-29-22-17(12-21(33)28-23-27-10-11-36-23)25(2)9-8-20(32)26(3,14-31)19(25)13-18(22)37-24/h4-7,10-11,17,19-20,31-32H,8-9,12-14H2,1-3H3,(H,29,30)(H,27,28,33). The summed E-state index contributed by atoms with van der Waals surface area (Å²) in [5.41, 5.74) is 0.463. The largest absolute Gasteiger partial charge is 0.396 e. The third-order valence-electron chi connectivity index (χ3n) is 8.51. The summed E-state index contributed by atoms with van der Waals surface area (Å²) in [6, 6.07) is 6.59. The fourth-order valence-electron chi connectivity index (χ4n) is 6.22. The van der Waals surface area contributed by atoms with Crippen LogP contribution in [0.25, 0.3) is 0 Å². The second-order valence-electron chi connectivity index (χ2n) is 10.9. The van der Waals surface area contributed by atoms with E-state index < -0.39 is 27.0 Å². The number of aliphatic hydroxyl groups excluding tert-OH is 2. The van der Waals surface area contributed by atoms with E-state index in [-0.39, 0.29) is 40.8 Å². The number of hydrogen-bond donors (Lipinski definition) is 4. The molecule has 12 heteroatoms. The zero-order chi connectivity index (χ0) is 27.3. The molecular formula is C26H32N4O5S3. The van der Waals surface area contributed by atoms with Crippen molar-refractivity contribution in [3.05, 3.63) is 52.0 Å². The van der Waals surface area contributed by atoms with Gasteiger partial charge in [-0.1, -0.05) is 31.5 Å². The Morgan fingerprint density at radius 2 is 1.95 bits per heavy atom. The number of hydrogen-bond acceptors (Lipinski definition) is 9. The van der Waals surface area contributed by atoms with Crippen molar-refractivity contribution in [1.29, 1.82) is 0 Å². The monoisotopic (exact) mass is 576 g/mol. The van der Waals surface area contributed by atoms with Gasteiger partial charge < -0.3 is 15.5 Å². The van der Waals surface area contributed by atoms with Gasteiger partial charge in [-0.05, 0) is 49.7 Å². The topological polar surface area (TPSA) is 142 Å². The van der Waals surface area contributed by atoms with Crippen molar-refractivity contribution in [3.63, 3.8) is 0 Å². The normalized spacial score (nSPS) is 28.8. The van der Waals surface area contributed by atoms with Crippen LogP contribution >= 0.6 is 22.7 Å². The quantitative estimate of drug-likeness (QED) is 0.331. The van der Waals surface area contributed by atoms with E-state index in [2.05, 4.69) is 21.9 Å². The third-order valence-corrected chi connectivity index (χ3v) is 11.7. The second kappa shape index (κ2) is 9.98. The Hall–Kier alpha value is -2.38. The first kappa shape index (κ1) is 27.2. The lowest BCUT2D eigenvalue weighted by molar-refractivity contribution is -0.143. The summed E-state index contributed by atoms with van der Waals surface area (Å²) >= 11 is 2.59. The molecule has 5 rings (SSSR count). The molecule has 4 N–H and O–H groups in total. The Balaban J connectivity index is 1.52. The molecule has 2 aliphatic rings. The Kier molecular flexibility index (Phi) is 7.14. The SMILES string of the molecule is Cc1ccc(S(=O)(=O)Nc2nc3c(s2)CC2C(C)(CO)C(O)CCC2(C)C3CC(=O)Nc2nccs2)cc1. The average molecular weight is 577 g/mol. The number of aryl methyl sites for hydroxylation is 1. The number of carbonyl (C=O) groups excluding carboxylic acids is 1. The number of fused-ring (bicyclic) bond motifs is 2. The zero-order valence-electron chi connectivity index (χ0n) is 21.5. The van der Waals surface area contributed by atoms with Crippen LogP contribution in [0.3, 0.4) is 0 Å². The predicted octanol–water partition coefficient (Wildman–Crippen LogP) is 4.15. The number of thiazole rings is 2. The molecule has 1 aromatic carbocycles. The van der Waals surface area contributed by atoms with Gasteiger partial charge in [0.2, 0.25) is 5.91 Å². The van der Waals surface area contributed by atoms with Crippen molar-refractivity contribution in [1.82, 2.24) is 9.97 Å². The molecule has 2 aliphatic carbocycles. The van der Waals surface area contributed by atoms with Gasteiger partial charge >= 0.3 is 0 Å². The number of carbonyl (C=O) groups is 1. The van der Waals surface area contributed by atoms with Crippen LogP contribution in [0.15, 0.2) is 40.7 Å². The van der Waals surface area contributed by atoms with Crippen molar-refractivity contribution < 1.29 is 23.4 Å². The van der Waals surface area contributed by atoms with Gasteiger partial charge in [-0.25, -0.2) is 18.4 Å². The fourth-order valence-corrected chi connectivity index (χ4v) is 9.07. The number of aliphatic hydroxyl groups is 2. The van der Waals surface area contributed by atoms with Crippen LogP contribution in [0.5, 0.6) is 0 Å². The first-order valence-corrected chi connectivity index (χ1v) is 15.7. The van der Waals surface area contributed by atoms with Gasteiger partial charge in [0.25, 0.3) is 10.0 Å². The highest BCUT2D eigenvalue weighted by Gasteiger charge is 2.59. The maximum atomic E-state index is 13.2. The molecule has 2 heterocycles. The molecule has 204 valence electrons. The van der Waals surface area contributed by atoms with E-state index in [1.54, 1.807) is 35.8 Å². The first-order valence-electron chi connectivity index (χ1n) is 12.5. The molecule has 0 saturated heterocycles. The molecule has 0 aliphatic heterocycles. The van der Waals surface area contributed by atoms with E-state index in [1.165, 1.54) is 22.7 Å². The molecular weight excluding hydrogens is 545 g/mol. The van der Waals surface area contributed by atoms with Gasteiger partial charge in [0.1, 0.15) is 0 Å². The van der Waals surface area contributed by atoms with Gasteiger partial charge in [0.05, 0.1) is 23.3 Å². The van der Waals surface area contributed by atoms with Gasteiger partial charge in [0, 0.05) is 34.2 Å². The highest BCUT2D eigenvalue weighted by molar-refractivity contribution is 7.93. The van der Waals surface area contributed by atoms with Gasteiger partial charge in [-0.15, -0.1) is 22.7 Å². The summed E-state index contributed by atoms with van der Waals surface area (Å²) in [5.74, 6) is -0.663. The Bertz CT molecular complexity index is 1420. The Labute approximate surface area is 230 Å². The van der Waals surface area contributed by atoms with Gasteiger partial charge in [0.15, 0.2) is 10.3 Å². The summed E-state index contributed by atoms with van der Waals surface area (Å²) in [6.45, 7) is 5.71. The first-order chi connectivity index (χ1) is 18.0. The molecule has 5 unspecified atom stereocenters. The van der Waals surface area contributed by atoms with Crippen LogP contribution in [0.1, 0.15) is 55.2 Å². The van der Waals surface area contributed by atoms with Crippen molar-refractivity contribution >= 4 is 48.9 Å². The number of nitrogens with one attached hydrogen (secondary N) is 2. The van der Waals surface area contributed by atoms with Crippen LogP contribution in [-0.4, -0.2) is 47.2 Å². The molecule has 1 fully saturated rings. The van der Waals surface area contributed by atoms with Crippen LogP contribution in [0, 0.1) is 23.7 Å². The molecule has 38 heavy (non-hydrogen) atoms. The van der Waals surface area contributed by atoms with Crippen LogP contribution in [-0.2, 0) is 21.2 Å². The lowest BCUT2D eigenvalue weighted by atomic mass is 9.47. The van der Waals surface area contributed by atoms with E-state index in [0.29, 0.717) is 30.1 Å². The highest BCUT2D eigenvalue weighted by Crippen LogP contribution is 2.62. The summed E-state index contributed by atoms with van der Waals surface area (Å²) in [6.07, 6.45) is 2.77. The predicted molar refractivity (Wildman–Crippen MR) is 148 cm³/mol. The maximum Gasteiger partial charge on any atom is 0.263 e. The van der Waals surface area contributed by atoms with Crippen LogP contribution in [0.4, 0.5) is 10.3 Å². The number of aromatic nitrogens is 2. The van der Waals surface area contributed by atoms with E-state index in [1.807, 2.05) is 13.8 Å². The molecule has 0 bridgehead atoms. The molecule has 3 aromatic rings. The summed E-state index contributed by atoms with van der Waals surface area (Å²) < 4.78 is 28.8.